The standard InChI is InChI=1S/C13H19F3O2/c14-13(15,16)9-11(17)10-4-7-18-12(8-10)5-2-1-3-6-12/h10H,1-9H2. The fourth-order valence-corrected chi connectivity index (χ4v) is 3.19. The molecule has 1 aliphatic heterocycles. The van der Waals surface area contributed by atoms with Crippen molar-refractivity contribution in [1.29, 1.82) is 0 Å². The van der Waals surface area contributed by atoms with Crippen LogP contribution < -0.4 is 0 Å². The zero-order valence-corrected chi connectivity index (χ0v) is 10.4. The van der Waals surface area contributed by atoms with Crippen molar-refractivity contribution in [2.24, 2.45) is 5.92 Å². The molecule has 18 heavy (non-hydrogen) atoms. The molecule has 1 saturated heterocycles. The van der Waals surface area contributed by atoms with Crippen LogP contribution in [0.4, 0.5) is 13.2 Å². The van der Waals surface area contributed by atoms with E-state index in [0.717, 1.165) is 32.1 Å². The molecule has 0 aromatic carbocycles. The molecule has 0 bridgehead atoms. The molecule has 2 aliphatic rings. The Balaban J connectivity index is 1.95. The van der Waals surface area contributed by atoms with E-state index in [1.54, 1.807) is 0 Å². The third kappa shape index (κ3) is 3.46. The van der Waals surface area contributed by atoms with E-state index in [0.29, 0.717) is 19.4 Å². The van der Waals surface area contributed by atoms with Crippen molar-refractivity contribution in [2.75, 3.05) is 6.61 Å². The van der Waals surface area contributed by atoms with Crippen LogP contribution >= 0.6 is 0 Å². The van der Waals surface area contributed by atoms with Crippen molar-refractivity contribution in [1.82, 2.24) is 0 Å². The lowest BCUT2D eigenvalue weighted by atomic mass is 9.74. The Morgan fingerprint density at radius 2 is 1.89 bits per heavy atom. The van der Waals surface area contributed by atoms with E-state index in [9.17, 15) is 18.0 Å². The number of rotatable bonds is 2. The van der Waals surface area contributed by atoms with Crippen molar-refractivity contribution in [2.45, 2.75) is 63.1 Å². The molecule has 0 aromatic heterocycles. The number of Topliss-reactive ketones (excluding diaryl/α,β-unsaturated/α-hetero) is 1. The van der Waals surface area contributed by atoms with Crippen LogP contribution in [0.5, 0.6) is 0 Å². The van der Waals surface area contributed by atoms with E-state index in [1.165, 1.54) is 0 Å². The number of alkyl halides is 3. The number of ether oxygens (including phenoxy) is 1. The summed E-state index contributed by atoms with van der Waals surface area (Å²) in [5.41, 5.74) is -0.303. The summed E-state index contributed by atoms with van der Waals surface area (Å²) < 4.78 is 42.5. The van der Waals surface area contributed by atoms with Gasteiger partial charge in [0.25, 0.3) is 0 Å². The lowest BCUT2D eigenvalue weighted by Gasteiger charge is -2.43. The number of hydrogen-bond donors (Lipinski definition) is 0. The molecule has 1 heterocycles. The maximum atomic E-state index is 12.2. The van der Waals surface area contributed by atoms with Gasteiger partial charge in [-0.15, -0.1) is 0 Å². The van der Waals surface area contributed by atoms with Gasteiger partial charge in [-0.1, -0.05) is 19.3 Å². The highest BCUT2D eigenvalue weighted by Crippen LogP contribution is 2.41. The minimum atomic E-state index is -4.38. The summed E-state index contributed by atoms with van der Waals surface area (Å²) >= 11 is 0. The monoisotopic (exact) mass is 264 g/mol. The Morgan fingerprint density at radius 1 is 1.22 bits per heavy atom. The summed E-state index contributed by atoms with van der Waals surface area (Å²) in [7, 11) is 0. The molecular weight excluding hydrogens is 245 g/mol. The van der Waals surface area contributed by atoms with Gasteiger partial charge in [0.05, 0.1) is 5.60 Å². The van der Waals surface area contributed by atoms with Gasteiger partial charge in [0.2, 0.25) is 0 Å². The largest absolute Gasteiger partial charge is 0.395 e. The first-order valence-electron chi connectivity index (χ1n) is 6.64. The van der Waals surface area contributed by atoms with Crippen molar-refractivity contribution >= 4 is 5.78 Å². The van der Waals surface area contributed by atoms with Gasteiger partial charge >= 0.3 is 6.18 Å². The first kappa shape index (κ1) is 13.8. The minimum absolute atomic E-state index is 0.303. The first-order chi connectivity index (χ1) is 8.40. The fraction of sp³-hybridized carbons (Fsp3) is 0.923. The number of carbonyl (C=O) groups is 1. The molecule has 2 nitrogen and oxygen atoms in total. The number of hydrogen-bond acceptors (Lipinski definition) is 2. The van der Waals surface area contributed by atoms with Crippen LogP contribution in [-0.4, -0.2) is 24.2 Å². The molecule has 2 rings (SSSR count). The summed E-state index contributed by atoms with van der Waals surface area (Å²) in [4.78, 5) is 11.7. The smallest absolute Gasteiger partial charge is 0.375 e. The van der Waals surface area contributed by atoms with E-state index >= 15 is 0 Å². The third-order valence-corrected chi connectivity index (χ3v) is 4.09. The zero-order valence-electron chi connectivity index (χ0n) is 10.4. The summed E-state index contributed by atoms with van der Waals surface area (Å²) in [6.45, 7) is 0.425. The van der Waals surface area contributed by atoms with Gasteiger partial charge in [0, 0.05) is 12.5 Å². The predicted molar refractivity (Wildman–Crippen MR) is 60.2 cm³/mol. The van der Waals surface area contributed by atoms with Gasteiger partial charge < -0.3 is 4.74 Å². The summed E-state index contributed by atoms with van der Waals surface area (Å²) in [6.07, 6.45) is 0.319. The van der Waals surface area contributed by atoms with E-state index < -0.39 is 24.3 Å². The highest BCUT2D eigenvalue weighted by Gasteiger charge is 2.42. The Morgan fingerprint density at radius 3 is 2.50 bits per heavy atom. The molecule has 1 saturated carbocycles. The molecule has 5 heteroatoms. The molecule has 0 amide bonds. The average Bonchev–Trinajstić information content (AvgIpc) is 2.28. The number of ketones is 1. The normalized spacial score (nSPS) is 28.3. The summed E-state index contributed by atoms with van der Waals surface area (Å²) in [5, 5.41) is 0. The maximum Gasteiger partial charge on any atom is 0.395 e. The van der Waals surface area contributed by atoms with Gasteiger partial charge in [0.15, 0.2) is 0 Å². The Kier molecular flexibility index (Phi) is 3.99. The van der Waals surface area contributed by atoms with Crippen LogP contribution in [0, 0.1) is 5.92 Å². The Labute approximate surface area is 105 Å². The van der Waals surface area contributed by atoms with Crippen LogP contribution in [0.1, 0.15) is 51.4 Å². The van der Waals surface area contributed by atoms with E-state index in [1.807, 2.05) is 0 Å². The van der Waals surface area contributed by atoms with Gasteiger partial charge in [-0.05, 0) is 25.7 Å². The Bertz CT molecular complexity index is 300. The minimum Gasteiger partial charge on any atom is -0.375 e. The SMILES string of the molecule is O=C(CC(F)(F)F)C1CCOC2(CCCCC2)C1. The molecule has 1 unspecified atom stereocenters. The van der Waals surface area contributed by atoms with Crippen molar-refractivity contribution < 1.29 is 22.7 Å². The molecule has 1 aliphatic carbocycles. The van der Waals surface area contributed by atoms with Gasteiger partial charge in [0.1, 0.15) is 12.2 Å². The molecule has 1 atom stereocenters. The van der Waals surface area contributed by atoms with Crippen LogP contribution in [-0.2, 0) is 9.53 Å². The van der Waals surface area contributed by atoms with Crippen LogP contribution in [0.2, 0.25) is 0 Å². The quantitative estimate of drug-likeness (QED) is 0.761. The molecule has 0 N–H and O–H groups in total. The predicted octanol–water partition coefficient (Wildman–Crippen LogP) is 3.64. The summed E-state index contributed by atoms with van der Waals surface area (Å²) in [6, 6.07) is 0. The van der Waals surface area contributed by atoms with E-state index in [4.69, 9.17) is 4.74 Å². The third-order valence-electron chi connectivity index (χ3n) is 4.09. The highest BCUT2D eigenvalue weighted by atomic mass is 19.4. The molecular formula is C13H19F3O2. The van der Waals surface area contributed by atoms with Crippen LogP contribution in [0.25, 0.3) is 0 Å². The maximum absolute atomic E-state index is 12.2. The van der Waals surface area contributed by atoms with Crippen LogP contribution in [0.3, 0.4) is 0 Å². The van der Waals surface area contributed by atoms with Crippen molar-refractivity contribution in [3.8, 4) is 0 Å². The van der Waals surface area contributed by atoms with Gasteiger partial charge in [-0.25, -0.2) is 0 Å². The second kappa shape index (κ2) is 5.19. The van der Waals surface area contributed by atoms with Crippen LogP contribution in [0.15, 0.2) is 0 Å². The van der Waals surface area contributed by atoms with Gasteiger partial charge in [-0.2, -0.15) is 13.2 Å². The second-order valence-electron chi connectivity index (χ2n) is 5.54. The lowest BCUT2D eigenvalue weighted by Crippen LogP contribution is -2.43. The van der Waals surface area contributed by atoms with E-state index in [-0.39, 0.29) is 5.60 Å². The average molecular weight is 264 g/mol. The first-order valence-corrected chi connectivity index (χ1v) is 6.64. The molecule has 104 valence electrons. The van der Waals surface area contributed by atoms with Crippen molar-refractivity contribution in [3.05, 3.63) is 0 Å². The van der Waals surface area contributed by atoms with Gasteiger partial charge in [-0.3, -0.25) is 4.79 Å². The van der Waals surface area contributed by atoms with Crippen molar-refractivity contribution in [3.63, 3.8) is 0 Å². The summed E-state index contributed by atoms with van der Waals surface area (Å²) in [5.74, 6) is -1.12. The van der Waals surface area contributed by atoms with E-state index in [2.05, 4.69) is 0 Å². The zero-order chi connectivity index (χ0) is 13.2. The number of carbonyl (C=O) groups excluding carboxylic acids is 1. The lowest BCUT2D eigenvalue weighted by molar-refractivity contribution is -0.164. The second-order valence-corrected chi connectivity index (χ2v) is 5.54. The topological polar surface area (TPSA) is 26.3 Å². The fourth-order valence-electron chi connectivity index (χ4n) is 3.19. The Hall–Kier alpha value is -0.580. The molecule has 0 radical (unpaired) electrons. The molecule has 1 spiro atoms. The molecule has 0 aromatic rings. The molecule has 2 fully saturated rings. The highest BCUT2D eigenvalue weighted by molar-refractivity contribution is 5.81. The number of halogens is 3.